The summed E-state index contributed by atoms with van der Waals surface area (Å²) >= 11 is 47.8. The van der Waals surface area contributed by atoms with Crippen molar-refractivity contribution in [2.45, 2.75) is 104 Å². The molecule has 0 aliphatic carbocycles. The topological polar surface area (TPSA) is 352 Å². The third-order valence-corrected chi connectivity index (χ3v) is 21.3. The lowest BCUT2D eigenvalue weighted by Gasteiger charge is -2.31. The van der Waals surface area contributed by atoms with Crippen molar-refractivity contribution in [2.75, 3.05) is 126 Å². The average Bonchev–Trinajstić information content (AvgIpc) is 1.65. The molecule has 8 aromatic heterocycles. The molecule has 4 fully saturated rings. The number of hydrogen-bond donors (Lipinski definition) is 8. The fourth-order valence-corrected chi connectivity index (χ4v) is 13.8. The number of ether oxygens (including phenoxy) is 4. The molecule has 0 amide bonds. The smallest absolute Gasteiger partial charge is 0.278 e. The van der Waals surface area contributed by atoms with E-state index in [1.807, 2.05) is 12.1 Å². The average molecular weight is 1760 g/mol. The molecule has 0 bridgehead atoms. The molecule has 116 heavy (non-hydrogen) atoms. The van der Waals surface area contributed by atoms with Crippen LogP contribution < -0.4 is 43.5 Å². The van der Waals surface area contributed by atoms with Gasteiger partial charge in [-0.05, 0) is 98.4 Å². The van der Waals surface area contributed by atoms with Crippen LogP contribution in [0.2, 0.25) is 40.2 Å². The Hall–Kier alpha value is -8.52. The first-order valence-electron chi connectivity index (χ1n) is 42.0. The number of imidazole rings is 4. The molecular weight excluding hydrogens is 1660 g/mol. The molecule has 4 saturated heterocycles. The van der Waals surface area contributed by atoms with Crippen molar-refractivity contribution in [1.82, 2.24) is 97.7 Å². The maximum atomic E-state index is 12.8. The van der Waals surface area contributed by atoms with E-state index in [4.69, 9.17) is 127 Å². The second kappa shape index (κ2) is 40.3. The number of benzene rings is 4. The van der Waals surface area contributed by atoms with Gasteiger partial charge in [-0.25, -0.2) is 19.9 Å². The van der Waals surface area contributed by atoms with Gasteiger partial charge in [0, 0.05) is 134 Å². The predicted octanol–water partition coefficient (Wildman–Crippen LogP) is 11.0. The Morgan fingerprint density at radius 3 is 1.19 bits per heavy atom. The third kappa shape index (κ3) is 23.1. The van der Waals surface area contributed by atoms with Gasteiger partial charge in [0.2, 0.25) is 23.8 Å². The van der Waals surface area contributed by atoms with Crippen molar-refractivity contribution in [3.05, 3.63) is 202 Å². The molecule has 32 nitrogen and oxygen atoms in total. The van der Waals surface area contributed by atoms with Crippen LogP contribution in [0.4, 0.5) is 23.8 Å². The number of H-pyrrole nitrogens is 4. The van der Waals surface area contributed by atoms with Crippen molar-refractivity contribution >= 4 is 161 Å². The van der Waals surface area contributed by atoms with Crippen LogP contribution in [0.25, 0.3) is 44.7 Å². The predicted molar refractivity (Wildman–Crippen MR) is 455 cm³/mol. The number of aromatic nitrogens is 16. The standard InChI is InChI=1S/4C19H22Cl2N6O2/c4*1-12-10-26(6-7-29-12)4-5-27-11-23-17-16(27)18(28)25-19(24-17)22-9-13-2-3-14(20)15(21)8-13/h4*2-3,8,11-12H,4-7,9-10H2,1H3,(H2,22,24,25,28)/i5D2,8D,12D;11D,12D;4D2,12D;3D,12D. The maximum Gasteiger partial charge on any atom is 0.278 e. The van der Waals surface area contributed by atoms with Crippen LogP contribution in [0.15, 0.2) is 117 Å². The molecular formula is C76H88Cl8N24O8. The fourth-order valence-electron chi connectivity index (χ4n) is 12.6. The van der Waals surface area contributed by atoms with Crippen LogP contribution in [0.3, 0.4) is 0 Å². The molecule has 4 aromatic carbocycles. The number of morpholine rings is 4. The van der Waals surface area contributed by atoms with E-state index in [1.165, 1.54) is 17.2 Å². The van der Waals surface area contributed by atoms with Gasteiger partial charge < -0.3 is 58.5 Å². The monoisotopic (exact) mass is 1760 g/mol. The number of halogens is 8. The SMILES string of the molecule is [2H]C1(C)CN(C([2H])([2H])Cn2cnc3nc(NCc4ccc(Cl)c(Cl)c4)[nH]c(=O)c32)CCO1.[2H]c1c(CNc2nc3ncn(C([2H])([2H])CN4CCOC([2H])(C)C4)c3c(=O)[nH]2)ccc(Cl)c1Cl.[2H]c1cc(CNc2nc3ncn(CCN4CCOC([2H])(C)C4)c3c(=O)[nH]2)cc(Cl)c1Cl.[2H]c1nc2nc(NCc3ccc(Cl)c(Cl)c3)[nH]c(=O)c2n1CCN1CCOC([2H])(C)C1. The Balaban J connectivity index is 0.000000145. The second-order valence-electron chi connectivity index (χ2n) is 27.1. The summed E-state index contributed by atoms with van der Waals surface area (Å²) in [6.07, 6.45) is 0.0520. The Bertz CT molecular complexity index is 6240. The van der Waals surface area contributed by atoms with E-state index in [2.05, 4.69) is 90.9 Å². The van der Waals surface area contributed by atoms with E-state index in [9.17, 15) is 19.2 Å². The van der Waals surface area contributed by atoms with Crippen LogP contribution in [0.5, 0.6) is 0 Å². The number of nitrogens with one attached hydrogen (secondary N) is 8. The Labute approximate surface area is 721 Å². The molecule has 16 rings (SSSR count). The van der Waals surface area contributed by atoms with E-state index in [0.717, 1.165) is 27.8 Å². The molecule has 40 heteroatoms. The summed E-state index contributed by atoms with van der Waals surface area (Å²) in [6, 6.07) is 17.2. The molecule has 4 aliphatic heterocycles. The van der Waals surface area contributed by atoms with Crippen molar-refractivity contribution in [3.63, 3.8) is 0 Å². The van der Waals surface area contributed by atoms with E-state index < -0.39 is 48.4 Å². The number of nitrogens with zero attached hydrogens (tertiary/aromatic N) is 16. The Kier molecular flexibility index (Phi) is 24.9. The van der Waals surface area contributed by atoms with Gasteiger partial charge in [-0.2, -0.15) is 19.9 Å². The van der Waals surface area contributed by atoms with E-state index in [-0.39, 0.29) is 141 Å². The summed E-state index contributed by atoms with van der Waals surface area (Å²) in [7, 11) is 0. The van der Waals surface area contributed by atoms with E-state index in [0.29, 0.717) is 140 Å². The highest BCUT2D eigenvalue weighted by Gasteiger charge is 2.24. The number of aromatic amines is 4. The lowest BCUT2D eigenvalue weighted by atomic mass is 10.2. The summed E-state index contributed by atoms with van der Waals surface area (Å²) < 4.78 is 118. The Morgan fingerprint density at radius 1 is 0.397 bits per heavy atom. The number of anilines is 4. The van der Waals surface area contributed by atoms with Crippen molar-refractivity contribution in [1.29, 1.82) is 0 Å². The fraction of sp³-hybridized carbons (Fsp3) is 0.421. The van der Waals surface area contributed by atoms with Gasteiger partial charge in [0.15, 0.2) is 44.7 Å². The summed E-state index contributed by atoms with van der Waals surface area (Å²) in [5, 5.41) is 14.7. The van der Waals surface area contributed by atoms with Gasteiger partial charge in [-0.1, -0.05) is 117 Å². The van der Waals surface area contributed by atoms with Crippen LogP contribution >= 0.6 is 92.8 Å². The zero-order valence-electron chi connectivity index (χ0n) is 74.0. The zero-order valence-corrected chi connectivity index (χ0v) is 69.1. The molecule has 8 N–H and O–H groups in total. The summed E-state index contributed by atoms with van der Waals surface area (Å²) in [6.45, 7) is 11.4. The van der Waals surface area contributed by atoms with Crippen LogP contribution in [0.1, 0.15) is 65.0 Å². The minimum Gasteiger partial charge on any atom is -0.376 e. The lowest BCUT2D eigenvalue weighted by molar-refractivity contribution is -0.0191. The normalized spacial score (nSPS) is 21.8. The molecule has 616 valence electrons. The first-order valence-corrected chi connectivity index (χ1v) is 39.5. The van der Waals surface area contributed by atoms with Crippen molar-refractivity contribution in [2.24, 2.45) is 0 Å². The highest BCUT2D eigenvalue weighted by atomic mass is 35.5. The second-order valence-corrected chi connectivity index (χ2v) is 30.3. The van der Waals surface area contributed by atoms with Crippen LogP contribution in [-0.4, -0.2) is 227 Å². The van der Waals surface area contributed by atoms with Gasteiger partial charge in [0.05, 0.1) is 127 Å². The molecule has 12 aromatic rings. The number of aryl methyl sites for hydroxylation is 1. The van der Waals surface area contributed by atoms with Gasteiger partial charge in [-0.3, -0.25) is 58.7 Å². The maximum absolute atomic E-state index is 12.8. The van der Waals surface area contributed by atoms with Gasteiger partial charge in [0.25, 0.3) is 22.2 Å². The molecule has 0 radical (unpaired) electrons. The van der Waals surface area contributed by atoms with E-state index >= 15 is 0 Å². The van der Waals surface area contributed by atoms with E-state index in [1.54, 1.807) is 101 Å². The zero-order chi connectivity index (χ0) is 91.4. The van der Waals surface area contributed by atoms with Gasteiger partial charge in [-0.15, -0.1) is 0 Å². The molecule has 4 aliphatic rings. The molecule has 0 saturated carbocycles. The summed E-state index contributed by atoms with van der Waals surface area (Å²) in [5.41, 5.74) is 3.01. The van der Waals surface area contributed by atoms with Crippen LogP contribution in [-0.2, 0) is 71.3 Å². The summed E-state index contributed by atoms with van der Waals surface area (Å²) in [5.74, 6) is 0.895. The van der Waals surface area contributed by atoms with Gasteiger partial charge >= 0.3 is 0 Å². The molecule has 4 atom stereocenters. The number of fused-ring (bicyclic) bond motifs is 4. The highest BCUT2D eigenvalue weighted by molar-refractivity contribution is 6.43. The van der Waals surface area contributed by atoms with Gasteiger partial charge in [0.1, 0.15) is 1.37 Å². The quantitative estimate of drug-likeness (QED) is 0.0279. The highest BCUT2D eigenvalue weighted by Crippen LogP contribution is 2.28. The molecule has 12 heterocycles. The first-order chi connectivity index (χ1) is 59.9. The minimum absolute atomic E-state index is 0.00293. The minimum atomic E-state index is -1.97. The number of rotatable bonds is 24. The van der Waals surface area contributed by atoms with Crippen LogP contribution in [0, 0.1) is 0 Å². The van der Waals surface area contributed by atoms with Crippen molar-refractivity contribution in [3.8, 4) is 0 Å². The lowest BCUT2D eigenvalue weighted by Crippen LogP contribution is -2.42. The summed E-state index contributed by atoms with van der Waals surface area (Å²) in [4.78, 5) is 103. The first kappa shape index (κ1) is 71.6. The Morgan fingerprint density at radius 2 is 0.741 bits per heavy atom. The largest absolute Gasteiger partial charge is 0.376 e. The van der Waals surface area contributed by atoms with Crippen molar-refractivity contribution < 1.29 is 34.0 Å². The molecule has 0 spiro atoms. The number of hydrogen-bond acceptors (Lipinski definition) is 24. The molecule has 4 unspecified atom stereocenters. The third-order valence-electron chi connectivity index (χ3n) is 18.4.